The zero-order chi connectivity index (χ0) is 18.0. The molecular weight excluding hydrogens is 359 g/mol. The van der Waals surface area contributed by atoms with Crippen molar-refractivity contribution in [1.29, 1.82) is 0 Å². The fourth-order valence-corrected chi connectivity index (χ4v) is 3.27. The van der Waals surface area contributed by atoms with E-state index in [2.05, 4.69) is 5.32 Å². The first-order chi connectivity index (χ1) is 11.9. The van der Waals surface area contributed by atoms with E-state index in [1.807, 2.05) is 19.1 Å². The van der Waals surface area contributed by atoms with Gasteiger partial charge in [0.2, 0.25) is 11.8 Å². The number of nitrogens with zero attached hydrogens (tertiary/aromatic N) is 1. The van der Waals surface area contributed by atoms with E-state index in [9.17, 15) is 9.59 Å². The molecule has 0 radical (unpaired) electrons. The summed E-state index contributed by atoms with van der Waals surface area (Å²) in [6.45, 7) is 2.79. The zero-order valence-corrected chi connectivity index (χ0v) is 15.3. The molecule has 1 fully saturated rings. The maximum atomic E-state index is 12.5. The van der Waals surface area contributed by atoms with Crippen LogP contribution in [0.1, 0.15) is 17.5 Å². The third kappa shape index (κ3) is 4.33. The van der Waals surface area contributed by atoms with Crippen molar-refractivity contribution in [3.63, 3.8) is 0 Å². The molecule has 1 aliphatic rings. The topological polar surface area (TPSA) is 49.4 Å². The minimum Gasteiger partial charge on any atom is -0.338 e. The maximum Gasteiger partial charge on any atom is 0.229 e. The zero-order valence-electron chi connectivity index (χ0n) is 13.8. The van der Waals surface area contributed by atoms with Crippen LogP contribution in [0.15, 0.2) is 42.5 Å². The number of amides is 2. The molecule has 1 saturated heterocycles. The molecule has 2 amide bonds. The summed E-state index contributed by atoms with van der Waals surface area (Å²) in [6.07, 6.45) is 0.228. The van der Waals surface area contributed by atoms with E-state index < -0.39 is 0 Å². The van der Waals surface area contributed by atoms with Crippen molar-refractivity contribution in [2.45, 2.75) is 19.9 Å². The molecule has 2 aromatic rings. The van der Waals surface area contributed by atoms with Gasteiger partial charge in [-0.2, -0.15) is 0 Å². The van der Waals surface area contributed by atoms with Gasteiger partial charge in [0, 0.05) is 35.2 Å². The molecule has 1 unspecified atom stereocenters. The van der Waals surface area contributed by atoms with Crippen molar-refractivity contribution in [3.05, 3.63) is 63.6 Å². The van der Waals surface area contributed by atoms with Gasteiger partial charge in [-0.3, -0.25) is 9.59 Å². The number of nitrogens with one attached hydrogen (secondary N) is 1. The second-order valence-electron chi connectivity index (χ2n) is 6.25. The van der Waals surface area contributed by atoms with Crippen molar-refractivity contribution in [3.8, 4) is 0 Å². The van der Waals surface area contributed by atoms with Crippen LogP contribution in [-0.4, -0.2) is 23.3 Å². The highest BCUT2D eigenvalue weighted by Crippen LogP contribution is 2.24. The molecule has 1 N–H and O–H groups in total. The Morgan fingerprint density at radius 3 is 2.52 bits per heavy atom. The average molecular weight is 377 g/mol. The van der Waals surface area contributed by atoms with Gasteiger partial charge in [0.05, 0.1) is 5.92 Å². The number of hydrogen-bond donors (Lipinski definition) is 1. The molecule has 0 saturated carbocycles. The highest BCUT2D eigenvalue weighted by atomic mass is 35.5. The lowest BCUT2D eigenvalue weighted by molar-refractivity contribution is -0.128. The number of hydrogen-bond acceptors (Lipinski definition) is 2. The van der Waals surface area contributed by atoms with E-state index in [0.29, 0.717) is 23.1 Å². The lowest BCUT2D eigenvalue weighted by atomic mass is 10.1. The van der Waals surface area contributed by atoms with E-state index in [0.717, 1.165) is 16.8 Å². The summed E-state index contributed by atoms with van der Waals surface area (Å²) in [5, 5.41) is 4.18. The quantitative estimate of drug-likeness (QED) is 0.864. The highest BCUT2D eigenvalue weighted by Gasteiger charge is 2.34. The molecule has 2 aromatic carbocycles. The third-order valence-electron chi connectivity index (χ3n) is 4.32. The van der Waals surface area contributed by atoms with Crippen LogP contribution in [0.3, 0.4) is 0 Å². The van der Waals surface area contributed by atoms with Crippen LogP contribution in [0.2, 0.25) is 10.0 Å². The van der Waals surface area contributed by atoms with Gasteiger partial charge >= 0.3 is 0 Å². The number of benzene rings is 2. The Bertz CT molecular complexity index is 806. The number of aryl methyl sites for hydroxylation is 1. The van der Waals surface area contributed by atoms with Gasteiger partial charge in [-0.25, -0.2) is 0 Å². The smallest absolute Gasteiger partial charge is 0.229 e. The molecule has 4 nitrogen and oxygen atoms in total. The molecule has 6 heteroatoms. The second kappa shape index (κ2) is 7.46. The highest BCUT2D eigenvalue weighted by molar-refractivity contribution is 6.31. The largest absolute Gasteiger partial charge is 0.338 e. The van der Waals surface area contributed by atoms with Crippen LogP contribution in [0.4, 0.5) is 5.69 Å². The Labute approximate surface area is 156 Å². The molecule has 1 heterocycles. The van der Waals surface area contributed by atoms with Crippen LogP contribution in [0, 0.1) is 12.8 Å². The Kier molecular flexibility index (Phi) is 5.30. The Balaban J connectivity index is 1.63. The van der Waals surface area contributed by atoms with Gasteiger partial charge in [0.15, 0.2) is 0 Å². The lowest BCUT2D eigenvalue weighted by Gasteiger charge is -2.17. The van der Waals surface area contributed by atoms with Gasteiger partial charge in [-0.15, -0.1) is 0 Å². The Morgan fingerprint density at radius 1 is 1.16 bits per heavy atom. The van der Waals surface area contributed by atoms with Gasteiger partial charge < -0.3 is 10.2 Å². The molecule has 25 heavy (non-hydrogen) atoms. The Morgan fingerprint density at radius 2 is 1.84 bits per heavy atom. The van der Waals surface area contributed by atoms with Gasteiger partial charge in [0.25, 0.3) is 0 Å². The summed E-state index contributed by atoms with van der Waals surface area (Å²) in [5.74, 6) is -0.504. The van der Waals surface area contributed by atoms with E-state index in [1.165, 1.54) is 0 Å². The van der Waals surface area contributed by atoms with Crippen LogP contribution in [-0.2, 0) is 16.1 Å². The van der Waals surface area contributed by atoms with Crippen molar-refractivity contribution in [2.75, 3.05) is 11.9 Å². The minimum atomic E-state index is -0.352. The number of halogens is 2. The normalized spacial score (nSPS) is 17.0. The van der Waals surface area contributed by atoms with Crippen molar-refractivity contribution < 1.29 is 9.59 Å². The van der Waals surface area contributed by atoms with Crippen LogP contribution in [0.5, 0.6) is 0 Å². The fraction of sp³-hybridized carbons (Fsp3) is 0.263. The first-order valence-corrected chi connectivity index (χ1v) is 8.77. The summed E-state index contributed by atoms with van der Waals surface area (Å²) in [5.41, 5.74) is 2.61. The van der Waals surface area contributed by atoms with E-state index in [4.69, 9.17) is 23.2 Å². The van der Waals surface area contributed by atoms with E-state index >= 15 is 0 Å². The van der Waals surface area contributed by atoms with Gasteiger partial charge in [-0.1, -0.05) is 35.3 Å². The summed E-state index contributed by atoms with van der Waals surface area (Å²) in [6, 6.07) is 12.7. The van der Waals surface area contributed by atoms with Crippen LogP contribution < -0.4 is 5.32 Å². The first kappa shape index (κ1) is 17.8. The van der Waals surface area contributed by atoms with E-state index in [1.54, 1.807) is 35.2 Å². The predicted octanol–water partition coefficient (Wildman–Crippen LogP) is 4.29. The third-order valence-corrected chi connectivity index (χ3v) is 4.81. The fourth-order valence-electron chi connectivity index (χ4n) is 2.91. The predicted molar refractivity (Wildman–Crippen MR) is 99.8 cm³/mol. The van der Waals surface area contributed by atoms with Gasteiger partial charge in [0.1, 0.15) is 0 Å². The second-order valence-corrected chi connectivity index (χ2v) is 7.12. The van der Waals surface area contributed by atoms with Gasteiger partial charge in [-0.05, 0) is 48.4 Å². The monoisotopic (exact) mass is 376 g/mol. The number of anilines is 1. The lowest BCUT2D eigenvalue weighted by Crippen LogP contribution is -2.28. The number of rotatable bonds is 4. The SMILES string of the molecule is Cc1cc(Cl)ccc1NC(=O)C1CC(=O)N(Cc2ccc(Cl)cc2)C1. The molecule has 0 aliphatic carbocycles. The van der Waals surface area contributed by atoms with Crippen molar-refractivity contribution in [1.82, 2.24) is 4.90 Å². The summed E-state index contributed by atoms with van der Waals surface area (Å²) >= 11 is 11.8. The summed E-state index contributed by atoms with van der Waals surface area (Å²) in [7, 11) is 0. The molecule has 1 atom stereocenters. The molecule has 0 spiro atoms. The molecular formula is C19H18Cl2N2O2. The van der Waals surface area contributed by atoms with Crippen LogP contribution >= 0.6 is 23.2 Å². The molecule has 1 aliphatic heterocycles. The molecule has 0 bridgehead atoms. The average Bonchev–Trinajstić information content (AvgIpc) is 2.93. The standard InChI is InChI=1S/C19H18Cl2N2O2/c1-12-8-16(21)6-7-17(12)22-19(25)14-9-18(24)23(11-14)10-13-2-4-15(20)5-3-13/h2-8,14H,9-11H2,1H3,(H,22,25). The summed E-state index contributed by atoms with van der Waals surface area (Å²) in [4.78, 5) is 26.4. The number of likely N-dealkylation sites (tertiary alicyclic amines) is 1. The minimum absolute atomic E-state index is 0.0112. The Hall–Kier alpha value is -2.04. The number of carbonyl (C=O) groups excluding carboxylic acids is 2. The first-order valence-electron chi connectivity index (χ1n) is 8.01. The maximum absolute atomic E-state index is 12.5. The number of carbonyl (C=O) groups is 2. The molecule has 0 aromatic heterocycles. The van der Waals surface area contributed by atoms with Crippen molar-refractivity contribution in [2.24, 2.45) is 5.92 Å². The molecule has 130 valence electrons. The summed E-state index contributed by atoms with van der Waals surface area (Å²) < 4.78 is 0. The van der Waals surface area contributed by atoms with Crippen molar-refractivity contribution >= 4 is 40.7 Å². The molecule has 3 rings (SSSR count). The van der Waals surface area contributed by atoms with E-state index in [-0.39, 0.29) is 24.2 Å². The van der Waals surface area contributed by atoms with Crippen LogP contribution in [0.25, 0.3) is 0 Å².